The quantitative estimate of drug-likeness (QED) is 0.139. The summed E-state index contributed by atoms with van der Waals surface area (Å²) in [5.41, 5.74) is 4.39. The third-order valence-electron chi connectivity index (χ3n) is 9.12. The lowest BCUT2D eigenvalue weighted by atomic mass is 9.85. The van der Waals surface area contributed by atoms with Crippen LogP contribution in [0.25, 0.3) is 11.3 Å². The second-order valence-electron chi connectivity index (χ2n) is 14.6. The van der Waals surface area contributed by atoms with Crippen LogP contribution in [0.3, 0.4) is 0 Å². The van der Waals surface area contributed by atoms with Crippen molar-refractivity contribution in [3.05, 3.63) is 111 Å². The lowest BCUT2D eigenvalue weighted by molar-refractivity contribution is -0.158. The zero-order valence-electron chi connectivity index (χ0n) is 31.0. The van der Waals surface area contributed by atoms with E-state index in [0.29, 0.717) is 48.0 Å². The Morgan fingerprint density at radius 2 is 1.58 bits per heavy atom. The maximum Gasteiger partial charge on any atom is 0.328 e. The van der Waals surface area contributed by atoms with Crippen LogP contribution < -0.4 is 20.1 Å². The first-order valence-corrected chi connectivity index (χ1v) is 18.9. The van der Waals surface area contributed by atoms with Gasteiger partial charge in [-0.3, -0.25) is 9.59 Å². The molecule has 4 aromatic rings. The molecule has 6 rings (SSSR count). The Hall–Kier alpha value is -4.54. The van der Waals surface area contributed by atoms with Gasteiger partial charge < -0.3 is 29.4 Å². The third kappa shape index (κ3) is 8.24. The van der Waals surface area contributed by atoms with Crippen LogP contribution in [-0.2, 0) is 27.5 Å². The van der Waals surface area contributed by atoms with Crippen LogP contribution in [0.2, 0.25) is 0 Å². The number of thioether (sulfide) groups is 1. The Morgan fingerprint density at radius 3 is 2.19 bits per heavy atom. The number of ether oxygens (including phenoxy) is 3. The van der Waals surface area contributed by atoms with Gasteiger partial charge in [0.2, 0.25) is 0 Å². The third-order valence-corrected chi connectivity index (χ3v) is 10.7. The van der Waals surface area contributed by atoms with E-state index in [0.717, 1.165) is 47.5 Å². The number of rotatable bonds is 12. The van der Waals surface area contributed by atoms with Gasteiger partial charge in [0.05, 0.1) is 11.1 Å². The summed E-state index contributed by atoms with van der Waals surface area (Å²) in [6, 6.07) is 23.8. The van der Waals surface area contributed by atoms with Gasteiger partial charge in [0.25, 0.3) is 5.91 Å². The van der Waals surface area contributed by atoms with Crippen LogP contribution in [0.15, 0.2) is 87.8 Å². The second-order valence-corrected chi connectivity index (χ2v) is 16.0. The summed E-state index contributed by atoms with van der Waals surface area (Å²) in [5.74, 6) is 0.659. The van der Waals surface area contributed by atoms with E-state index in [-0.39, 0.29) is 18.2 Å². The molecule has 0 aliphatic carbocycles. The van der Waals surface area contributed by atoms with Gasteiger partial charge in [-0.2, -0.15) is 0 Å². The Balaban J connectivity index is 1.55. The summed E-state index contributed by atoms with van der Waals surface area (Å²) >= 11 is 1.48. The van der Waals surface area contributed by atoms with Gasteiger partial charge in [-0.05, 0) is 93.6 Å². The normalized spacial score (nSPS) is 17.4. The minimum Gasteiger partial charge on any atom is -0.488 e. The van der Waals surface area contributed by atoms with Gasteiger partial charge in [0.15, 0.2) is 16.2 Å². The van der Waals surface area contributed by atoms with Crippen molar-refractivity contribution in [1.82, 2.24) is 15.8 Å². The fourth-order valence-corrected chi connectivity index (χ4v) is 8.23. The van der Waals surface area contributed by atoms with Gasteiger partial charge in [0.1, 0.15) is 30.3 Å². The van der Waals surface area contributed by atoms with Crippen LogP contribution in [0, 0.1) is 0 Å². The predicted molar refractivity (Wildman–Crippen MR) is 204 cm³/mol. The summed E-state index contributed by atoms with van der Waals surface area (Å²) in [6.07, 6.45) is 1.94. The Labute approximate surface area is 310 Å². The summed E-state index contributed by atoms with van der Waals surface area (Å²) in [5, 5.41) is 10.8. The lowest BCUT2D eigenvalue weighted by Crippen LogP contribution is -2.40. The van der Waals surface area contributed by atoms with E-state index >= 15 is 0 Å². The van der Waals surface area contributed by atoms with E-state index in [2.05, 4.69) is 29.6 Å². The molecule has 0 fully saturated rings. The van der Waals surface area contributed by atoms with Gasteiger partial charge in [-0.25, -0.2) is 0 Å². The molecular formula is C42H49N3O6S. The van der Waals surface area contributed by atoms with Crippen molar-refractivity contribution < 1.29 is 28.3 Å². The number of aromatic nitrogens is 1. The molecule has 3 aromatic carbocycles. The zero-order valence-corrected chi connectivity index (χ0v) is 31.8. The van der Waals surface area contributed by atoms with E-state index in [1.807, 2.05) is 100 Å². The highest BCUT2D eigenvalue weighted by Gasteiger charge is 2.55. The molecule has 0 saturated carbocycles. The first-order chi connectivity index (χ1) is 25.0. The van der Waals surface area contributed by atoms with E-state index in [4.69, 9.17) is 18.7 Å². The molecule has 52 heavy (non-hydrogen) atoms. The molecule has 1 atom stereocenters. The maximum absolute atomic E-state index is 14.7. The molecule has 1 aromatic heterocycles. The monoisotopic (exact) mass is 723 g/mol. The number of nitrogens with one attached hydrogen (secondary N) is 2. The Kier molecular flexibility index (Phi) is 11.5. The van der Waals surface area contributed by atoms with Crippen molar-refractivity contribution in [2.45, 2.75) is 90.3 Å². The fourth-order valence-electron chi connectivity index (χ4n) is 6.62. The number of amides is 1. The van der Waals surface area contributed by atoms with Crippen molar-refractivity contribution in [1.29, 1.82) is 0 Å². The number of esters is 1. The zero-order chi connectivity index (χ0) is 36.9. The topological polar surface area (TPSA) is 112 Å². The summed E-state index contributed by atoms with van der Waals surface area (Å²) in [7, 11) is 0. The Bertz CT molecular complexity index is 1900. The molecular weight excluding hydrogens is 675 g/mol. The molecule has 2 N–H and O–H groups in total. The first kappa shape index (κ1) is 37.2. The largest absolute Gasteiger partial charge is 0.488 e. The molecule has 274 valence electrons. The first-order valence-electron chi connectivity index (χ1n) is 18.1. The fraction of sp³-hybridized carbons (Fsp3) is 0.405. The van der Waals surface area contributed by atoms with E-state index in [9.17, 15) is 9.59 Å². The minimum atomic E-state index is -1.32. The summed E-state index contributed by atoms with van der Waals surface area (Å²) in [6.45, 7) is 14.3. The van der Waals surface area contributed by atoms with Gasteiger partial charge in [-0.15, -0.1) is 11.8 Å². The highest BCUT2D eigenvalue weighted by molar-refractivity contribution is 8.05. The summed E-state index contributed by atoms with van der Waals surface area (Å²) in [4.78, 5) is 29.7. The Morgan fingerprint density at radius 1 is 0.942 bits per heavy atom. The molecule has 0 saturated heterocycles. The molecule has 10 heteroatoms. The maximum atomic E-state index is 14.7. The number of hydrogen-bond donors (Lipinski definition) is 2. The number of carbonyl (C=O) groups is 2. The second kappa shape index (κ2) is 16.0. The van der Waals surface area contributed by atoms with Crippen molar-refractivity contribution in [2.75, 3.05) is 19.6 Å². The number of carbonyl (C=O) groups excluding carboxylic acids is 2. The molecule has 2 aliphatic heterocycles. The molecule has 1 unspecified atom stereocenters. The van der Waals surface area contributed by atoms with Crippen molar-refractivity contribution >= 4 is 23.6 Å². The van der Waals surface area contributed by atoms with Crippen LogP contribution >= 0.6 is 11.8 Å². The van der Waals surface area contributed by atoms with Crippen LogP contribution in [-0.4, -0.2) is 42.3 Å². The van der Waals surface area contributed by atoms with E-state index in [1.54, 1.807) is 0 Å². The van der Waals surface area contributed by atoms with Crippen molar-refractivity contribution in [3.8, 4) is 22.8 Å². The average molecular weight is 724 g/mol. The van der Waals surface area contributed by atoms with Crippen molar-refractivity contribution in [3.63, 3.8) is 0 Å². The van der Waals surface area contributed by atoms with E-state index in [1.165, 1.54) is 17.3 Å². The molecule has 1 amide bonds. The van der Waals surface area contributed by atoms with Gasteiger partial charge >= 0.3 is 5.97 Å². The number of nitrogens with zero attached hydrogens (tertiary/aromatic N) is 1. The van der Waals surface area contributed by atoms with Crippen LogP contribution in [0.5, 0.6) is 11.5 Å². The molecule has 0 radical (unpaired) electrons. The van der Waals surface area contributed by atoms with E-state index < -0.39 is 22.2 Å². The van der Waals surface area contributed by atoms with Crippen LogP contribution in [0.4, 0.5) is 0 Å². The van der Waals surface area contributed by atoms with Gasteiger partial charge in [0, 0.05) is 12.6 Å². The molecule has 3 heterocycles. The molecule has 2 aliphatic rings. The highest BCUT2D eigenvalue weighted by Crippen LogP contribution is 2.59. The standard InChI is InChI=1S/C42H49N3O6S/c1-7-44-39(46)37-36(42(40(47)50-41(4,5)6)24-30-18-20-43-21-19-35(30)52-42)38(51-45-37)32-22-31(27(2)3)33(48-25-28-14-10-8-11-15-28)23-34(32)49-26-29-16-12-9-13-17-29/h8-17,22-23,27,43H,7,18-21,24-26H2,1-6H3,(H,44,46). The lowest BCUT2D eigenvalue weighted by Gasteiger charge is -2.32. The van der Waals surface area contributed by atoms with Gasteiger partial charge in [-0.1, -0.05) is 85.2 Å². The highest BCUT2D eigenvalue weighted by atomic mass is 32.2. The average Bonchev–Trinajstić information content (AvgIpc) is 3.66. The smallest absolute Gasteiger partial charge is 0.328 e. The molecule has 9 nitrogen and oxygen atoms in total. The molecule has 0 bridgehead atoms. The predicted octanol–water partition coefficient (Wildman–Crippen LogP) is 8.68. The van der Waals surface area contributed by atoms with Crippen molar-refractivity contribution in [2.24, 2.45) is 0 Å². The molecule has 0 spiro atoms. The SMILES string of the molecule is CCNC(=O)c1noc(-c2cc(C(C)C)c(OCc3ccccc3)cc2OCc2ccccc2)c1C1(C(=O)OC(C)(C)C)CC2=C(CCNCC2)S1. The summed E-state index contributed by atoms with van der Waals surface area (Å²) < 4.78 is 24.2. The number of hydrogen-bond acceptors (Lipinski definition) is 9. The van der Waals surface area contributed by atoms with Crippen LogP contribution in [0.1, 0.15) is 99.5 Å². The minimum absolute atomic E-state index is 0.0489. The number of benzene rings is 3.